The van der Waals surface area contributed by atoms with E-state index >= 15 is 0 Å². The largest absolute Gasteiger partial charge is 0.362 e. The summed E-state index contributed by atoms with van der Waals surface area (Å²) in [5.41, 5.74) is 0.864. The number of Topliss-reactive ketones (excluding diaryl/α,β-unsaturated/α-hetero) is 1. The topological polar surface area (TPSA) is 32.3 Å². The summed E-state index contributed by atoms with van der Waals surface area (Å²) in [6.45, 7) is 2.38. The lowest BCUT2D eigenvalue weighted by molar-refractivity contribution is -0.116. The summed E-state index contributed by atoms with van der Waals surface area (Å²) < 4.78 is 0. The smallest absolute Gasteiger partial charge is 0.165 e. The maximum absolute atomic E-state index is 11.5. The highest BCUT2D eigenvalue weighted by atomic mass is 35.5. The summed E-state index contributed by atoms with van der Waals surface area (Å²) in [7, 11) is 0. The lowest BCUT2D eigenvalue weighted by atomic mass is 10.2. The molecule has 0 aromatic heterocycles. The van der Waals surface area contributed by atoms with Gasteiger partial charge in [-0.25, -0.2) is 0 Å². The minimum Gasteiger partial charge on any atom is -0.362 e. The first-order chi connectivity index (χ1) is 7.66. The number of rotatable bonds is 1. The molecule has 1 heterocycles. The van der Waals surface area contributed by atoms with Gasteiger partial charge in [0.15, 0.2) is 5.78 Å². The van der Waals surface area contributed by atoms with Crippen LogP contribution in [-0.4, -0.2) is 32.0 Å². The van der Waals surface area contributed by atoms with E-state index < -0.39 is 0 Å². The molecule has 1 aliphatic rings. The van der Waals surface area contributed by atoms with Gasteiger partial charge in [0.1, 0.15) is 0 Å². The lowest BCUT2D eigenvalue weighted by Crippen LogP contribution is -2.30. The van der Waals surface area contributed by atoms with Gasteiger partial charge in [-0.15, -0.1) is 0 Å². The van der Waals surface area contributed by atoms with Crippen LogP contribution in [0.4, 0.5) is 5.69 Å². The molecule has 3 nitrogen and oxygen atoms in total. The second kappa shape index (κ2) is 5.04. The standard InChI is InChI=1S/C11H12Cl2N2O/c12-8-1-2-11(10(13)5-8)15-4-3-14-6-9(16)7-15/h1-2,5,14H,3-4,6-7H2. The number of halogens is 2. The van der Waals surface area contributed by atoms with E-state index in [-0.39, 0.29) is 5.78 Å². The average Bonchev–Trinajstić information content (AvgIpc) is 2.43. The minimum atomic E-state index is 0.170. The Kier molecular flexibility index (Phi) is 3.69. The van der Waals surface area contributed by atoms with Crippen LogP contribution in [0.5, 0.6) is 0 Å². The predicted octanol–water partition coefficient (Wildman–Crippen LogP) is 1.97. The minimum absolute atomic E-state index is 0.170. The zero-order chi connectivity index (χ0) is 11.5. The first-order valence-corrected chi connectivity index (χ1v) is 5.85. The van der Waals surface area contributed by atoms with Crippen molar-refractivity contribution in [3.8, 4) is 0 Å². The Morgan fingerprint density at radius 3 is 2.88 bits per heavy atom. The van der Waals surface area contributed by atoms with E-state index in [0.29, 0.717) is 23.1 Å². The maximum atomic E-state index is 11.5. The van der Waals surface area contributed by atoms with Crippen molar-refractivity contribution in [1.82, 2.24) is 5.32 Å². The molecule has 0 spiro atoms. The Labute approximate surface area is 104 Å². The quantitative estimate of drug-likeness (QED) is 0.836. The number of nitrogens with zero attached hydrogens (tertiary/aromatic N) is 1. The van der Waals surface area contributed by atoms with Crippen LogP contribution in [0.25, 0.3) is 0 Å². The Morgan fingerprint density at radius 2 is 2.12 bits per heavy atom. The predicted molar refractivity (Wildman–Crippen MR) is 66.6 cm³/mol. The van der Waals surface area contributed by atoms with Crippen LogP contribution in [0.3, 0.4) is 0 Å². The molecule has 16 heavy (non-hydrogen) atoms. The van der Waals surface area contributed by atoms with Crippen molar-refractivity contribution in [3.63, 3.8) is 0 Å². The van der Waals surface area contributed by atoms with Crippen LogP contribution >= 0.6 is 23.2 Å². The molecule has 0 bridgehead atoms. The summed E-state index contributed by atoms with van der Waals surface area (Å²) in [5, 5.41) is 4.26. The number of benzene rings is 1. The molecule has 0 aliphatic carbocycles. The van der Waals surface area contributed by atoms with Gasteiger partial charge in [0.25, 0.3) is 0 Å². The van der Waals surface area contributed by atoms with Gasteiger partial charge in [0.05, 0.1) is 23.8 Å². The Hall–Kier alpha value is -0.770. The molecule has 0 amide bonds. The zero-order valence-corrected chi connectivity index (χ0v) is 10.2. The van der Waals surface area contributed by atoms with Crippen molar-refractivity contribution in [2.75, 3.05) is 31.1 Å². The number of ketones is 1. The van der Waals surface area contributed by atoms with E-state index in [1.807, 2.05) is 11.0 Å². The second-order valence-corrected chi connectivity index (χ2v) is 4.58. The molecule has 1 saturated heterocycles. The second-order valence-electron chi connectivity index (χ2n) is 3.73. The van der Waals surface area contributed by atoms with Crippen molar-refractivity contribution < 1.29 is 4.79 Å². The van der Waals surface area contributed by atoms with E-state index in [9.17, 15) is 4.79 Å². The fraction of sp³-hybridized carbons (Fsp3) is 0.364. The molecule has 0 saturated carbocycles. The molecule has 1 N–H and O–H groups in total. The first-order valence-electron chi connectivity index (χ1n) is 5.09. The van der Waals surface area contributed by atoms with E-state index in [2.05, 4.69) is 5.32 Å². The fourth-order valence-corrected chi connectivity index (χ4v) is 2.26. The molecule has 1 aromatic rings. The van der Waals surface area contributed by atoms with Crippen molar-refractivity contribution in [2.24, 2.45) is 0 Å². The van der Waals surface area contributed by atoms with Crippen molar-refractivity contribution in [2.45, 2.75) is 0 Å². The van der Waals surface area contributed by atoms with Crippen molar-refractivity contribution in [3.05, 3.63) is 28.2 Å². The highest BCUT2D eigenvalue weighted by Crippen LogP contribution is 2.28. The van der Waals surface area contributed by atoms with Gasteiger partial charge >= 0.3 is 0 Å². The molecule has 1 aromatic carbocycles. The van der Waals surface area contributed by atoms with Gasteiger partial charge in [0, 0.05) is 18.1 Å². The van der Waals surface area contributed by atoms with E-state index in [4.69, 9.17) is 23.2 Å². The van der Waals surface area contributed by atoms with Gasteiger partial charge in [-0.05, 0) is 18.2 Å². The number of carbonyl (C=O) groups is 1. The highest BCUT2D eigenvalue weighted by Gasteiger charge is 2.17. The van der Waals surface area contributed by atoms with E-state index in [0.717, 1.165) is 18.8 Å². The molecule has 0 unspecified atom stereocenters. The summed E-state index contributed by atoms with van der Waals surface area (Å²) in [6.07, 6.45) is 0. The summed E-state index contributed by atoms with van der Waals surface area (Å²) >= 11 is 11.9. The maximum Gasteiger partial charge on any atom is 0.165 e. The highest BCUT2D eigenvalue weighted by molar-refractivity contribution is 6.36. The summed E-state index contributed by atoms with van der Waals surface area (Å²) in [6, 6.07) is 5.33. The van der Waals surface area contributed by atoms with E-state index in [1.54, 1.807) is 12.1 Å². The average molecular weight is 259 g/mol. The molecule has 1 aliphatic heterocycles. The van der Waals surface area contributed by atoms with Gasteiger partial charge in [-0.3, -0.25) is 4.79 Å². The van der Waals surface area contributed by atoms with Crippen LogP contribution in [0, 0.1) is 0 Å². The lowest BCUT2D eigenvalue weighted by Gasteiger charge is -2.22. The third-order valence-corrected chi connectivity index (χ3v) is 3.04. The number of anilines is 1. The van der Waals surface area contributed by atoms with Gasteiger partial charge in [0.2, 0.25) is 0 Å². The number of carbonyl (C=O) groups excluding carboxylic acids is 1. The van der Waals surface area contributed by atoms with Crippen LogP contribution < -0.4 is 10.2 Å². The van der Waals surface area contributed by atoms with Crippen LogP contribution in [-0.2, 0) is 4.79 Å². The number of nitrogens with one attached hydrogen (secondary N) is 1. The Bertz CT molecular complexity index is 409. The fourth-order valence-electron chi connectivity index (χ4n) is 1.73. The number of hydrogen-bond acceptors (Lipinski definition) is 3. The first kappa shape index (κ1) is 11.7. The molecule has 1 fully saturated rings. The third kappa shape index (κ3) is 2.67. The zero-order valence-electron chi connectivity index (χ0n) is 8.67. The SMILES string of the molecule is O=C1CNCCN(c2ccc(Cl)cc2Cl)C1. The van der Waals surface area contributed by atoms with Gasteiger partial charge in [-0.2, -0.15) is 0 Å². The van der Waals surface area contributed by atoms with Gasteiger partial charge in [-0.1, -0.05) is 23.2 Å². The summed E-state index contributed by atoms with van der Waals surface area (Å²) in [5.74, 6) is 0.170. The normalized spacial score (nSPS) is 17.4. The molecular weight excluding hydrogens is 247 g/mol. The monoisotopic (exact) mass is 258 g/mol. The molecule has 0 atom stereocenters. The molecule has 5 heteroatoms. The molecule has 2 rings (SSSR count). The van der Waals surface area contributed by atoms with Crippen LogP contribution in [0.2, 0.25) is 10.0 Å². The Morgan fingerprint density at radius 1 is 1.31 bits per heavy atom. The number of hydrogen-bond donors (Lipinski definition) is 1. The third-order valence-electron chi connectivity index (χ3n) is 2.50. The van der Waals surface area contributed by atoms with Crippen LogP contribution in [0.15, 0.2) is 18.2 Å². The molecular formula is C11H12Cl2N2O. The van der Waals surface area contributed by atoms with E-state index in [1.165, 1.54) is 0 Å². The van der Waals surface area contributed by atoms with Crippen molar-refractivity contribution in [1.29, 1.82) is 0 Å². The van der Waals surface area contributed by atoms with Crippen LogP contribution in [0.1, 0.15) is 0 Å². The molecule has 86 valence electrons. The van der Waals surface area contributed by atoms with Gasteiger partial charge < -0.3 is 10.2 Å². The van der Waals surface area contributed by atoms with Crippen molar-refractivity contribution >= 4 is 34.7 Å². The Balaban J connectivity index is 2.24. The summed E-state index contributed by atoms with van der Waals surface area (Å²) in [4.78, 5) is 13.4. The molecule has 0 radical (unpaired) electrons.